The molecule has 1 N–H and O–H groups in total. The van der Waals surface area contributed by atoms with Crippen molar-refractivity contribution in [2.45, 2.75) is 46.4 Å². The molecule has 1 saturated heterocycles. The van der Waals surface area contributed by atoms with E-state index in [4.69, 9.17) is 9.47 Å². The molecule has 1 amide bonds. The molecule has 6 nitrogen and oxygen atoms in total. The molecule has 1 aromatic carbocycles. The molecule has 0 spiro atoms. The van der Waals surface area contributed by atoms with Gasteiger partial charge in [0.25, 0.3) is 0 Å². The van der Waals surface area contributed by atoms with E-state index in [9.17, 15) is 9.59 Å². The molecule has 2 atom stereocenters. The maximum atomic E-state index is 12.5. The lowest BCUT2D eigenvalue weighted by Gasteiger charge is -2.33. The molecule has 6 heteroatoms. The van der Waals surface area contributed by atoms with Crippen LogP contribution in [0.15, 0.2) is 30.5 Å². The number of carbonyl (C=O) groups excluding carboxylic acids is 2. The molecule has 0 aliphatic carbocycles. The molecule has 0 unspecified atom stereocenters. The van der Waals surface area contributed by atoms with Gasteiger partial charge in [-0.1, -0.05) is 39.0 Å². The number of nitrogens with zero attached hydrogens (tertiary/aromatic N) is 1. The number of H-pyrrole nitrogens is 1. The first-order chi connectivity index (χ1) is 11.8. The second kappa shape index (κ2) is 6.43. The third-order valence-electron chi connectivity index (χ3n) is 4.40. The van der Waals surface area contributed by atoms with Crippen LogP contribution in [0, 0.1) is 5.41 Å². The van der Waals surface area contributed by atoms with E-state index >= 15 is 0 Å². The Bertz CT molecular complexity index is 790. The van der Waals surface area contributed by atoms with Crippen molar-refractivity contribution in [1.29, 1.82) is 0 Å². The molecule has 0 bridgehead atoms. The van der Waals surface area contributed by atoms with E-state index < -0.39 is 29.7 Å². The molecule has 1 aliphatic heterocycles. The Balaban J connectivity index is 1.94. The number of hydrogen-bond donors (Lipinski definition) is 1. The molecule has 1 aliphatic rings. The summed E-state index contributed by atoms with van der Waals surface area (Å²) in [6.45, 7) is 7.80. The van der Waals surface area contributed by atoms with Gasteiger partial charge in [0, 0.05) is 28.9 Å². The van der Waals surface area contributed by atoms with E-state index in [1.54, 1.807) is 6.92 Å². The van der Waals surface area contributed by atoms with Crippen molar-refractivity contribution in [1.82, 2.24) is 9.88 Å². The van der Waals surface area contributed by atoms with Crippen LogP contribution in [-0.4, -0.2) is 40.8 Å². The Morgan fingerprint density at radius 3 is 2.72 bits per heavy atom. The Morgan fingerprint density at radius 1 is 1.32 bits per heavy atom. The number of aromatic nitrogens is 1. The predicted octanol–water partition coefficient (Wildman–Crippen LogP) is 3.47. The second-order valence-corrected chi connectivity index (χ2v) is 7.34. The average Bonchev–Trinajstić information content (AvgIpc) is 3.10. The summed E-state index contributed by atoms with van der Waals surface area (Å²) in [5.41, 5.74) is 1.57. The zero-order chi connectivity index (χ0) is 18.2. The van der Waals surface area contributed by atoms with Gasteiger partial charge in [-0.25, -0.2) is 9.59 Å². The molecule has 0 saturated carbocycles. The summed E-state index contributed by atoms with van der Waals surface area (Å²) in [6.07, 6.45) is 1.10. The standard InChI is InChI=1S/C19H24N2O4/c1-5-24-18(23)21-15(16(22)25-17(21)19(2,3)4)10-12-11-20-14-9-7-6-8-13(12)14/h6-9,11,15,17,20H,5,10H2,1-4H3/t15-,17-/m0/s1. The summed E-state index contributed by atoms with van der Waals surface area (Å²) < 4.78 is 10.7. The lowest BCUT2D eigenvalue weighted by molar-refractivity contribution is -0.147. The number of rotatable bonds is 3. The molecular formula is C19H24N2O4. The number of hydrogen-bond acceptors (Lipinski definition) is 4. The van der Waals surface area contributed by atoms with Gasteiger partial charge in [0.05, 0.1) is 6.61 Å². The number of amides is 1. The number of aromatic amines is 1. The summed E-state index contributed by atoms with van der Waals surface area (Å²) in [5, 5.41) is 1.04. The minimum atomic E-state index is -0.692. The van der Waals surface area contributed by atoms with Crippen molar-refractivity contribution in [2.24, 2.45) is 5.41 Å². The van der Waals surface area contributed by atoms with Gasteiger partial charge in [-0.05, 0) is 18.6 Å². The minimum Gasteiger partial charge on any atom is -0.450 e. The van der Waals surface area contributed by atoms with Crippen LogP contribution in [-0.2, 0) is 20.7 Å². The maximum absolute atomic E-state index is 12.5. The fourth-order valence-electron chi connectivity index (χ4n) is 3.23. The van der Waals surface area contributed by atoms with Gasteiger partial charge in [0.1, 0.15) is 6.04 Å². The van der Waals surface area contributed by atoms with Crippen LogP contribution in [0.4, 0.5) is 4.79 Å². The van der Waals surface area contributed by atoms with Crippen LogP contribution < -0.4 is 0 Å². The lowest BCUT2D eigenvalue weighted by atomic mass is 9.93. The van der Waals surface area contributed by atoms with Crippen LogP contribution in [0.3, 0.4) is 0 Å². The highest BCUT2D eigenvalue weighted by Gasteiger charge is 2.50. The van der Waals surface area contributed by atoms with Gasteiger partial charge in [-0.3, -0.25) is 4.90 Å². The minimum absolute atomic E-state index is 0.250. The number of benzene rings is 1. The summed E-state index contributed by atoms with van der Waals surface area (Å²) in [5.74, 6) is -0.391. The van der Waals surface area contributed by atoms with Gasteiger partial charge in [0.15, 0.2) is 6.23 Å². The number of ether oxygens (including phenoxy) is 2. The normalized spacial score (nSPS) is 20.8. The van der Waals surface area contributed by atoms with Crippen molar-refractivity contribution in [3.8, 4) is 0 Å². The van der Waals surface area contributed by atoms with Crippen molar-refractivity contribution in [2.75, 3.05) is 6.61 Å². The molecule has 2 heterocycles. The number of carbonyl (C=O) groups is 2. The van der Waals surface area contributed by atoms with Crippen LogP contribution >= 0.6 is 0 Å². The zero-order valence-electron chi connectivity index (χ0n) is 15.0. The monoisotopic (exact) mass is 344 g/mol. The first-order valence-corrected chi connectivity index (χ1v) is 8.53. The zero-order valence-corrected chi connectivity index (χ0v) is 15.0. The molecular weight excluding hydrogens is 320 g/mol. The third-order valence-corrected chi connectivity index (χ3v) is 4.40. The van der Waals surface area contributed by atoms with E-state index in [1.807, 2.05) is 51.2 Å². The van der Waals surface area contributed by atoms with E-state index in [0.29, 0.717) is 6.42 Å². The second-order valence-electron chi connectivity index (χ2n) is 7.34. The highest BCUT2D eigenvalue weighted by Crippen LogP contribution is 2.35. The molecule has 1 fully saturated rings. The van der Waals surface area contributed by atoms with Crippen LogP contribution in [0.25, 0.3) is 10.9 Å². The maximum Gasteiger partial charge on any atom is 0.413 e. The van der Waals surface area contributed by atoms with Crippen molar-refractivity contribution in [3.05, 3.63) is 36.0 Å². The molecule has 25 heavy (non-hydrogen) atoms. The Kier molecular flexibility index (Phi) is 4.45. The third kappa shape index (κ3) is 3.21. The van der Waals surface area contributed by atoms with Crippen molar-refractivity contribution in [3.63, 3.8) is 0 Å². The predicted molar refractivity (Wildman–Crippen MR) is 94.0 cm³/mol. The first kappa shape index (κ1) is 17.3. The fraction of sp³-hybridized carbons (Fsp3) is 0.474. The first-order valence-electron chi connectivity index (χ1n) is 8.53. The summed E-state index contributed by atoms with van der Waals surface area (Å²) in [6, 6.07) is 7.19. The Labute approximate surface area is 147 Å². The van der Waals surface area contributed by atoms with Crippen LogP contribution in [0.1, 0.15) is 33.3 Å². The van der Waals surface area contributed by atoms with Gasteiger partial charge in [0.2, 0.25) is 0 Å². The van der Waals surface area contributed by atoms with Crippen molar-refractivity contribution < 1.29 is 19.1 Å². The average molecular weight is 344 g/mol. The van der Waals surface area contributed by atoms with E-state index in [-0.39, 0.29) is 6.61 Å². The van der Waals surface area contributed by atoms with Gasteiger partial charge in [-0.15, -0.1) is 0 Å². The SMILES string of the molecule is CCOC(=O)N1[C@H](C(C)(C)C)OC(=O)[C@@H]1Cc1c[nH]c2ccccc12. The molecule has 134 valence electrons. The van der Waals surface area contributed by atoms with Crippen molar-refractivity contribution >= 4 is 23.0 Å². The number of nitrogens with one attached hydrogen (secondary N) is 1. The van der Waals surface area contributed by atoms with E-state index in [2.05, 4.69) is 4.98 Å². The molecule has 2 aromatic rings. The van der Waals surface area contributed by atoms with Gasteiger partial charge >= 0.3 is 12.1 Å². The largest absolute Gasteiger partial charge is 0.450 e. The number of cyclic esters (lactones) is 1. The topological polar surface area (TPSA) is 71.6 Å². The van der Waals surface area contributed by atoms with Gasteiger partial charge in [-0.2, -0.15) is 0 Å². The summed E-state index contributed by atoms with van der Waals surface area (Å²) in [4.78, 5) is 29.7. The van der Waals surface area contributed by atoms with E-state index in [0.717, 1.165) is 16.5 Å². The molecule has 1 aromatic heterocycles. The summed E-state index contributed by atoms with van der Waals surface area (Å²) in [7, 11) is 0. The molecule has 0 radical (unpaired) electrons. The highest BCUT2D eigenvalue weighted by atomic mass is 16.6. The highest BCUT2D eigenvalue weighted by molar-refractivity contribution is 5.87. The summed E-state index contributed by atoms with van der Waals surface area (Å²) >= 11 is 0. The van der Waals surface area contributed by atoms with Crippen LogP contribution in [0.2, 0.25) is 0 Å². The van der Waals surface area contributed by atoms with E-state index in [1.165, 1.54) is 4.90 Å². The lowest BCUT2D eigenvalue weighted by Crippen LogP contribution is -2.48. The number of para-hydroxylation sites is 1. The Hall–Kier alpha value is -2.50. The Morgan fingerprint density at radius 2 is 2.04 bits per heavy atom. The molecule has 3 rings (SSSR count). The van der Waals surface area contributed by atoms with Gasteiger partial charge < -0.3 is 14.5 Å². The quantitative estimate of drug-likeness (QED) is 0.866. The number of esters is 1. The fourth-order valence-corrected chi connectivity index (χ4v) is 3.23. The smallest absolute Gasteiger partial charge is 0.413 e. The van der Waals surface area contributed by atoms with Crippen LogP contribution in [0.5, 0.6) is 0 Å². The number of fused-ring (bicyclic) bond motifs is 1.